The Morgan fingerprint density at radius 1 is 0.794 bits per heavy atom. The second-order valence-corrected chi connectivity index (χ2v) is 10.9. The van der Waals surface area contributed by atoms with Gasteiger partial charge < -0.3 is 9.80 Å². The number of hydrogen-bond acceptors (Lipinski definition) is 6. The summed E-state index contributed by atoms with van der Waals surface area (Å²) < 4.78 is 27.3. The van der Waals surface area contributed by atoms with Gasteiger partial charge in [-0.05, 0) is 65.4 Å². The first kappa shape index (κ1) is 22.5. The molecule has 1 aromatic heterocycles. The number of anilines is 1. The summed E-state index contributed by atoms with van der Waals surface area (Å²) in [6.45, 7) is 2.55. The largest absolute Gasteiger partial charge is 0.367 e. The van der Waals surface area contributed by atoms with Crippen molar-refractivity contribution in [2.45, 2.75) is 9.79 Å². The third-order valence-corrected chi connectivity index (χ3v) is 8.26. The minimum absolute atomic E-state index is 0.104. The van der Waals surface area contributed by atoms with Crippen LogP contribution in [0, 0.1) is 0 Å². The van der Waals surface area contributed by atoms with Crippen LogP contribution in [0.3, 0.4) is 0 Å². The van der Waals surface area contributed by atoms with Gasteiger partial charge in [-0.25, -0.2) is 8.42 Å². The SMILES string of the molecule is O=C(c1ccc(S(=O)(=O)c2ccc3cc(Br)ccc3c2)cc1)N1CCN(c2ccnnc2)CC1. The summed E-state index contributed by atoms with van der Waals surface area (Å²) in [6, 6.07) is 18.9. The minimum atomic E-state index is -3.70. The number of fused-ring (bicyclic) bond motifs is 1. The van der Waals surface area contributed by atoms with Gasteiger partial charge in [-0.2, -0.15) is 10.2 Å². The summed E-state index contributed by atoms with van der Waals surface area (Å²) in [5, 5.41) is 9.50. The summed E-state index contributed by atoms with van der Waals surface area (Å²) >= 11 is 3.43. The van der Waals surface area contributed by atoms with Crippen molar-refractivity contribution in [1.82, 2.24) is 15.1 Å². The molecular weight excluding hydrogens is 516 g/mol. The zero-order valence-electron chi connectivity index (χ0n) is 18.1. The Balaban J connectivity index is 1.30. The quantitative estimate of drug-likeness (QED) is 0.389. The summed E-state index contributed by atoms with van der Waals surface area (Å²) in [5.41, 5.74) is 1.46. The molecule has 5 rings (SSSR count). The van der Waals surface area contributed by atoms with Gasteiger partial charge in [0.25, 0.3) is 5.91 Å². The van der Waals surface area contributed by atoms with Crippen LogP contribution >= 0.6 is 15.9 Å². The van der Waals surface area contributed by atoms with Crippen LogP contribution in [0.5, 0.6) is 0 Å². The molecule has 0 N–H and O–H groups in total. The van der Waals surface area contributed by atoms with Gasteiger partial charge in [-0.15, -0.1) is 0 Å². The molecule has 2 heterocycles. The van der Waals surface area contributed by atoms with Gasteiger partial charge in [0.2, 0.25) is 9.84 Å². The lowest BCUT2D eigenvalue weighted by atomic mass is 10.1. The average molecular weight is 537 g/mol. The number of carbonyl (C=O) groups excluding carboxylic acids is 1. The minimum Gasteiger partial charge on any atom is -0.367 e. The highest BCUT2D eigenvalue weighted by atomic mass is 79.9. The Hall–Kier alpha value is -3.30. The number of nitrogens with zero attached hydrogens (tertiary/aromatic N) is 4. The van der Waals surface area contributed by atoms with Gasteiger partial charge in [0.1, 0.15) is 0 Å². The van der Waals surface area contributed by atoms with Crippen molar-refractivity contribution in [3.8, 4) is 0 Å². The van der Waals surface area contributed by atoms with E-state index in [0.29, 0.717) is 31.7 Å². The third-order valence-electron chi connectivity index (χ3n) is 6.00. The Bertz CT molecular complexity index is 1450. The van der Waals surface area contributed by atoms with Crippen molar-refractivity contribution in [1.29, 1.82) is 0 Å². The molecule has 0 unspecified atom stereocenters. The summed E-state index contributed by atoms with van der Waals surface area (Å²) in [7, 11) is -3.70. The maximum Gasteiger partial charge on any atom is 0.253 e. The molecular formula is C25H21BrN4O3S. The normalized spacial score (nSPS) is 14.4. The standard InChI is InChI=1S/C25H21BrN4O3S/c26-21-5-1-20-16-24(8-4-19(20)15-21)34(32,33)23-6-2-18(3-7-23)25(31)30-13-11-29(12-14-30)22-9-10-27-28-17-22/h1-10,15-17H,11-14H2. The molecule has 0 saturated carbocycles. The predicted molar refractivity (Wildman–Crippen MR) is 134 cm³/mol. The monoisotopic (exact) mass is 536 g/mol. The number of benzene rings is 3. The molecule has 3 aromatic carbocycles. The van der Waals surface area contributed by atoms with Crippen molar-refractivity contribution in [2.75, 3.05) is 31.1 Å². The fraction of sp³-hybridized carbons (Fsp3) is 0.160. The molecule has 1 amide bonds. The van der Waals surface area contributed by atoms with Crippen LogP contribution in [0.15, 0.2) is 93.4 Å². The van der Waals surface area contributed by atoms with Crippen molar-refractivity contribution in [3.63, 3.8) is 0 Å². The van der Waals surface area contributed by atoms with E-state index in [9.17, 15) is 13.2 Å². The average Bonchev–Trinajstić information content (AvgIpc) is 2.88. The van der Waals surface area contributed by atoms with Crippen LogP contribution in [-0.2, 0) is 9.84 Å². The van der Waals surface area contributed by atoms with E-state index in [4.69, 9.17) is 0 Å². The number of amides is 1. The lowest BCUT2D eigenvalue weighted by molar-refractivity contribution is 0.0746. The molecule has 34 heavy (non-hydrogen) atoms. The van der Waals surface area contributed by atoms with E-state index in [1.165, 1.54) is 12.1 Å². The molecule has 0 bridgehead atoms. The molecule has 0 spiro atoms. The van der Waals surface area contributed by atoms with E-state index in [0.717, 1.165) is 20.9 Å². The first-order chi connectivity index (χ1) is 16.4. The Labute approximate surface area is 206 Å². The lowest BCUT2D eigenvalue weighted by Gasteiger charge is -2.35. The fourth-order valence-electron chi connectivity index (χ4n) is 4.10. The maximum atomic E-state index is 13.2. The molecule has 172 valence electrons. The molecule has 0 atom stereocenters. The number of carbonyl (C=O) groups is 1. The van der Waals surface area contributed by atoms with E-state index in [1.54, 1.807) is 47.6 Å². The molecule has 1 saturated heterocycles. The maximum absolute atomic E-state index is 13.2. The zero-order chi connectivity index (χ0) is 23.7. The van der Waals surface area contributed by atoms with Gasteiger partial charge in [0.05, 0.1) is 27.9 Å². The van der Waals surface area contributed by atoms with Gasteiger partial charge in [0.15, 0.2) is 0 Å². The third kappa shape index (κ3) is 4.41. The Morgan fingerprint density at radius 3 is 2.18 bits per heavy atom. The smallest absolute Gasteiger partial charge is 0.253 e. The van der Waals surface area contributed by atoms with E-state index in [-0.39, 0.29) is 15.7 Å². The second-order valence-electron chi connectivity index (χ2n) is 8.06. The first-order valence-electron chi connectivity index (χ1n) is 10.8. The highest BCUT2D eigenvalue weighted by Crippen LogP contribution is 2.27. The number of hydrogen-bond donors (Lipinski definition) is 0. The predicted octanol–water partition coefficient (Wildman–Crippen LogP) is 4.19. The van der Waals surface area contributed by atoms with E-state index in [2.05, 4.69) is 31.0 Å². The molecule has 0 radical (unpaired) electrons. The molecule has 1 fully saturated rings. The number of halogens is 1. The summed E-state index contributed by atoms with van der Waals surface area (Å²) in [4.78, 5) is 17.3. The molecule has 7 nitrogen and oxygen atoms in total. The molecule has 1 aliphatic rings. The Kier molecular flexibility index (Phi) is 6.05. The summed E-state index contributed by atoms with van der Waals surface area (Å²) in [6.07, 6.45) is 3.37. The zero-order valence-corrected chi connectivity index (χ0v) is 20.5. The van der Waals surface area contributed by atoms with Crippen molar-refractivity contribution in [2.24, 2.45) is 0 Å². The van der Waals surface area contributed by atoms with E-state index >= 15 is 0 Å². The lowest BCUT2D eigenvalue weighted by Crippen LogP contribution is -2.48. The van der Waals surface area contributed by atoms with E-state index in [1.807, 2.05) is 24.3 Å². The molecule has 9 heteroatoms. The number of rotatable bonds is 4. The number of sulfone groups is 1. The molecule has 4 aromatic rings. The van der Waals surface area contributed by atoms with Gasteiger partial charge in [0, 0.05) is 36.2 Å². The summed E-state index contributed by atoms with van der Waals surface area (Å²) in [5.74, 6) is -0.104. The van der Waals surface area contributed by atoms with Crippen LogP contribution in [0.4, 0.5) is 5.69 Å². The van der Waals surface area contributed by atoms with Gasteiger partial charge >= 0.3 is 0 Å². The first-order valence-corrected chi connectivity index (χ1v) is 13.0. The van der Waals surface area contributed by atoms with Crippen LogP contribution in [0.2, 0.25) is 0 Å². The number of aromatic nitrogens is 2. The van der Waals surface area contributed by atoms with Crippen molar-refractivity contribution < 1.29 is 13.2 Å². The highest BCUT2D eigenvalue weighted by Gasteiger charge is 2.24. The van der Waals surface area contributed by atoms with Crippen LogP contribution in [0.25, 0.3) is 10.8 Å². The topological polar surface area (TPSA) is 83.5 Å². The molecule has 0 aliphatic carbocycles. The van der Waals surface area contributed by atoms with Crippen molar-refractivity contribution >= 4 is 48.1 Å². The van der Waals surface area contributed by atoms with Crippen LogP contribution < -0.4 is 4.90 Å². The van der Waals surface area contributed by atoms with E-state index < -0.39 is 9.84 Å². The van der Waals surface area contributed by atoms with Crippen LogP contribution in [-0.4, -0.2) is 55.6 Å². The molecule has 1 aliphatic heterocycles. The van der Waals surface area contributed by atoms with Crippen LogP contribution in [0.1, 0.15) is 10.4 Å². The van der Waals surface area contributed by atoms with Gasteiger partial charge in [-0.3, -0.25) is 4.79 Å². The van der Waals surface area contributed by atoms with Gasteiger partial charge in [-0.1, -0.05) is 28.1 Å². The second kappa shape index (κ2) is 9.15. The fourth-order valence-corrected chi connectivity index (χ4v) is 5.77. The van der Waals surface area contributed by atoms with Crippen molar-refractivity contribution in [3.05, 3.63) is 89.2 Å². The highest BCUT2D eigenvalue weighted by molar-refractivity contribution is 9.10. The Morgan fingerprint density at radius 2 is 1.47 bits per heavy atom. The number of piperazine rings is 1.